The SMILES string of the molecule is CCC(N[C@H](C)c1ccccc1Br)c1ccc(O)cc1. The summed E-state index contributed by atoms with van der Waals surface area (Å²) in [6, 6.07) is 16.2. The standard InChI is InChI=1S/C17H20BrNO/c1-3-17(13-8-10-14(20)11-9-13)19-12(2)15-6-4-5-7-16(15)18/h4-12,17,19-20H,3H2,1-2H3/t12-,17?/m1/s1. The average molecular weight is 334 g/mol. The third-order valence-corrected chi connectivity index (χ3v) is 4.25. The van der Waals surface area contributed by atoms with Crippen molar-refractivity contribution in [2.45, 2.75) is 32.4 Å². The number of phenolic OH excluding ortho intramolecular Hbond substituents is 1. The zero-order chi connectivity index (χ0) is 14.5. The van der Waals surface area contributed by atoms with Gasteiger partial charge in [0.1, 0.15) is 5.75 Å². The molecule has 0 aliphatic rings. The van der Waals surface area contributed by atoms with Crippen LogP contribution in [0.4, 0.5) is 0 Å². The number of nitrogens with one attached hydrogen (secondary N) is 1. The van der Waals surface area contributed by atoms with Crippen LogP contribution in [-0.4, -0.2) is 5.11 Å². The molecule has 3 heteroatoms. The summed E-state index contributed by atoms with van der Waals surface area (Å²) in [5.41, 5.74) is 2.45. The first kappa shape index (κ1) is 15.1. The van der Waals surface area contributed by atoms with E-state index in [1.807, 2.05) is 18.2 Å². The molecule has 0 aliphatic heterocycles. The molecule has 2 nitrogen and oxygen atoms in total. The minimum atomic E-state index is 0.254. The maximum Gasteiger partial charge on any atom is 0.115 e. The van der Waals surface area contributed by atoms with E-state index in [-0.39, 0.29) is 12.1 Å². The second-order valence-electron chi connectivity index (χ2n) is 4.96. The van der Waals surface area contributed by atoms with Gasteiger partial charge >= 0.3 is 0 Å². The molecule has 0 fully saturated rings. The van der Waals surface area contributed by atoms with E-state index in [0.717, 1.165) is 10.9 Å². The van der Waals surface area contributed by atoms with Crippen molar-refractivity contribution in [3.05, 3.63) is 64.1 Å². The molecule has 0 radical (unpaired) electrons. The zero-order valence-electron chi connectivity index (χ0n) is 11.8. The lowest BCUT2D eigenvalue weighted by molar-refractivity contribution is 0.452. The van der Waals surface area contributed by atoms with Crippen LogP contribution < -0.4 is 5.32 Å². The molecular formula is C17H20BrNO. The van der Waals surface area contributed by atoms with Crippen molar-refractivity contribution < 1.29 is 5.11 Å². The van der Waals surface area contributed by atoms with Crippen molar-refractivity contribution in [3.8, 4) is 5.75 Å². The lowest BCUT2D eigenvalue weighted by atomic mass is 10.0. The van der Waals surface area contributed by atoms with Crippen molar-refractivity contribution in [1.29, 1.82) is 0 Å². The number of hydrogen-bond donors (Lipinski definition) is 2. The maximum absolute atomic E-state index is 9.38. The van der Waals surface area contributed by atoms with Crippen molar-refractivity contribution in [3.63, 3.8) is 0 Å². The molecule has 0 bridgehead atoms. The highest BCUT2D eigenvalue weighted by Crippen LogP contribution is 2.27. The van der Waals surface area contributed by atoms with Crippen molar-refractivity contribution in [2.24, 2.45) is 0 Å². The smallest absolute Gasteiger partial charge is 0.115 e. The van der Waals surface area contributed by atoms with Gasteiger partial charge < -0.3 is 10.4 Å². The monoisotopic (exact) mass is 333 g/mol. The van der Waals surface area contributed by atoms with E-state index < -0.39 is 0 Å². The molecule has 2 N–H and O–H groups in total. The van der Waals surface area contributed by atoms with E-state index in [2.05, 4.69) is 53.3 Å². The van der Waals surface area contributed by atoms with Gasteiger partial charge in [0.15, 0.2) is 0 Å². The average Bonchev–Trinajstić information content (AvgIpc) is 2.46. The number of aromatic hydroxyl groups is 1. The molecule has 0 saturated carbocycles. The summed E-state index contributed by atoms with van der Waals surface area (Å²) >= 11 is 3.60. The van der Waals surface area contributed by atoms with Gasteiger partial charge in [-0.1, -0.05) is 53.2 Å². The molecule has 0 saturated heterocycles. The first-order chi connectivity index (χ1) is 9.61. The molecule has 0 aromatic heterocycles. The summed E-state index contributed by atoms with van der Waals surface area (Å²) in [7, 11) is 0. The molecule has 0 aliphatic carbocycles. The molecule has 20 heavy (non-hydrogen) atoms. The molecular weight excluding hydrogens is 314 g/mol. The van der Waals surface area contributed by atoms with Crippen molar-refractivity contribution in [1.82, 2.24) is 5.32 Å². The Balaban J connectivity index is 2.14. The molecule has 2 aromatic rings. The lowest BCUT2D eigenvalue weighted by Crippen LogP contribution is -2.24. The van der Waals surface area contributed by atoms with Gasteiger partial charge in [0.2, 0.25) is 0 Å². The topological polar surface area (TPSA) is 32.3 Å². The summed E-state index contributed by atoms with van der Waals surface area (Å²) in [4.78, 5) is 0. The van der Waals surface area contributed by atoms with Gasteiger partial charge in [-0.05, 0) is 42.7 Å². The van der Waals surface area contributed by atoms with Crippen LogP contribution in [0.25, 0.3) is 0 Å². The van der Waals surface area contributed by atoms with Crippen molar-refractivity contribution >= 4 is 15.9 Å². The summed E-state index contributed by atoms with van der Waals surface area (Å²) in [6.45, 7) is 4.33. The van der Waals surface area contributed by atoms with E-state index >= 15 is 0 Å². The minimum Gasteiger partial charge on any atom is -0.508 e. The van der Waals surface area contributed by atoms with Crippen LogP contribution >= 0.6 is 15.9 Å². The molecule has 106 valence electrons. The minimum absolute atomic E-state index is 0.254. The zero-order valence-corrected chi connectivity index (χ0v) is 13.4. The maximum atomic E-state index is 9.38. The van der Waals surface area contributed by atoms with E-state index in [0.29, 0.717) is 5.75 Å². The van der Waals surface area contributed by atoms with Gasteiger partial charge in [0.05, 0.1) is 0 Å². The number of hydrogen-bond acceptors (Lipinski definition) is 2. The van der Waals surface area contributed by atoms with Crippen LogP contribution in [0, 0.1) is 0 Å². The van der Waals surface area contributed by atoms with E-state index in [1.165, 1.54) is 11.1 Å². The third-order valence-electron chi connectivity index (χ3n) is 3.53. The lowest BCUT2D eigenvalue weighted by Gasteiger charge is -2.24. The van der Waals surface area contributed by atoms with Crippen LogP contribution in [0.3, 0.4) is 0 Å². The predicted octanol–water partition coefficient (Wildman–Crippen LogP) is 4.96. The number of rotatable bonds is 5. The van der Waals surface area contributed by atoms with Gasteiger partial charge in [0, 0.05) is 16.6 Å². The Morgan fingerprint density at radius 1 is 1.10 bits per heavy atom. The second kappa shape index (κ2) is 6.91. The normalized spacial score (nSPS) is 13.9. The van der Waals surface area contributed by atoms with Crippen LogP contribution in [0.5, 0.6) is 5.75 Å². The predicted molar refractivity (Wildman–Crippen MR) is 86.8 cm³/mol. The molecule has 2 rings (SSSR count). The summed E-state index contributed by atoms with van der Waals surface area (Å²) < 4.78 is 1.13. The molecule has 2 aromatic carbocycles. The number of phenols is 1. The van der Waals surface area contributed by atoms with E-state index in [4.69, 9.17) is 0 Å². The third kappa shape index (κ3) is 3.62. The summed E-state index contributed by atoms with van der Waals surface area (Å²) in [6.07, 6.45) is 1.000. The molecule has 1 unspecified atom stereocenters. The molecule has 0 amide bonds. The van der Waals surface area contributed by atoms with Gasteiger partial charge in [0.25, 0.3) is 0 Å². The van der Waals surface area contributed by atoms with Gasteiger partial charge in [-0.3, -0.25) is 0 Å². The van der Waals surface area contributed by atoms with Crippen LogP contribution in [0.1, 0.15) is 43.5 Å². The Labute approximate surface area is 129 Å². The van der Waals surface area contributed by atoms with Crippen LogP contribution in [0.2, 0.25) is 0 Å². The Morgan fingerprint density at radius 2 is 1.75 bits per heavy atom. The van der Waals surface area contributed by atoms with Gasteiger partial charge in [-0.15, -0.1) is 0 Å². The highest BCUT2D eigenvalue weighted by molar-refractivity contribution is 9.10. The van der Waals surface area contributed by atoms with Gasteiger partial charge in [-0.25, -0.2) is 0 Å². The van der Waals surface area contributed by atoms with E-state index in [1.54, 1.807) is 12.1 Å². The van der Waals surface area contributed by atoms with E-state index in [9.17, 15) is 5.11 Å². The highest BCUT2D eigenvalue weighted by Gasteiger charge is 2.15. The largest absolute Gasteiger partial charge is 0.508 e. The summed E-state index contributed by atoms with van der Waals surface area (Å²) in [5.74, 6) is 0.308. The second-order valence-corrected chi connectivity index (χ2v) is 5.82. The first-order valence-corrected chi connectivity index (χ1v) is 7.70. The Hall–Kier alpha value is -1.32. The fourth-order valence-electron chi connectivity index (χ4n) is 2.37. The first-order valence-electron chi connectivity index (χ1n) is 6.91. The van der Waals surface area contributed by atoms with Gasteiger partial charge in [-0.2, -0.15) is 0 Å². The van der Waals surface area contributed by atoms with Crippen LogP contribution in [0.15, 0.2) is 53.0 Å². The summed E-state index contributed by atoms with van der Waals surface area (Å²) in [5, 5.41) is 13.0. The Morgan fingerprint density at radius 3 is 2.35 bits per heavy atom. The fourth-order valence-corrected chi connectivity index (χ4v) is 3.00. The highest BCUT2D eigenvalue weighted by atomic mass is 79.9. The molecule has 0 heterocycles. The molecule has 0 spiro atoms. The molecule has 2 atom stereocenters. The fraction of sp³-hybridized carbons (Fsp3) is 0.294. The number of benzene rings is 2. The number of halogens is 1. The Bertz CT molecular complexity index is 553. The Kier molecular flexibility index (Phi) is 5.21. The van der Waals surface area contributed by atoms with Crippen LogP contribution in [-0.2, 0) is 0 Å². The quantitative estimate of drug-likeness (QED) is 0.810. The van der Waals surface area contributed by atoms with Crippen molar-refractivity contribution in [2.75, 3.05) is 0 Å².